The minimum atomic E-state index is 0.774. The van der Waals surface area contributed by atoms with Crippen molar-refractivity contribution in [1.29, 1.82) is 0 Å². The van der Waals surface area contributed by atoms with Gasteiger partial charge in [-0.25, -0.2) is 0 Å². The predicted octanol–water partition coefficient (Wildman–Crippen LogP) is 12.2. The minimum Gasteiger partial charge on any atom is -0.139 e. The Kier molecular flexibility index (Phi) is 7.34. The van der Waals surface area contributed by atoms with Gasteiger partial charge in [0.15, 0.2) is 0 Å². The molecule has 0 saturated heterocycles. The van der Waals surface area contributed by atoms with Crippen LogP contribution in [0.2, 0.25) is 0 Å². The number of rotatable bonds is 6. The molecule has 0 aliphatic heterocycles. The fourth-order valence-electron chi connectivity index (χ4n) is 7.11. The Hall–Kier alpha value is -6.23. The maximum Gasteiger partial charge on any atom is 0.0976 e. The van der Waals surface area contributed by atoms with Crippen LogP contribution >= 0.6 is 11.3 Å². The summed E-state index contributed by atoms with van der Waals surface area (Å²) in [6.07, 6.45) is 1.74. The van der Waals surface area contributed by atoms with Gasteiger partial charge in [0, 0.05) is 31.3 Å². The summed E-state index contributed by atoms with van der Waals surface area (Å²) in [4.78, 5) is 0. The quantitative estimate of drug-likeness (QED) is 0.181. The minimum absolute atomic E-state index is 0.774. The van der Waals surface area contributed by atoms with Crippen molar-refractivity contribution in [3.05, 3.63) is 176 Å². The van der Waals surface area contributed by atoms with E-state index in [1.54, 1.807) is 6.20 Å². The molecular formula is C45H29N3S. The lowest BCUT2D eigenvalue weighted by Gasteiger charge is -2.23. The van der Waals surface area contributed by atoms with Gasteiger partial charge in [0.25, 0.3) is 0 Å². The first-order valence-corrected chi connectivity index (χ1v) is 17.2. The highest BCUT2D eigenvalue weighted by molar-refractivity contribution is 7.26. The van der Waals surface area contributed by atoms with E-state index in [4.69, 9.17) is 5.10 Å². The Bertz CT molecular complexity index is 2580. The summed E-state index contributed by atoms with van der Waals surface area (Å²) < 4.78 is 2.52. The van der Waals surface area contributed by atoms with Crippen LogP contribution in [0.1, 0.15) is 0 Å². The molecule has 0 aliphatic carbocycles. The summed E-state index contributed by atoms with van der Waals surface area (Å²) in [5.74, 6) is 0. The normalized spacial score (nSPS) is 11.3. The topological polar surface area (TPSA) is 38.7 Å². The van der Waals surface area contributed by atoms with Gasteiger partial charge >= 0.3 is 0 Å². The van der Waals surface area contributed by atoms with Crippen molar-refractivity contribution in [2.45, 2.75) is 0 Å². The lowest BCUT2D eigenvalue weighted by atomic mass is 9.80. The molecule has 2 heterocycles. The fraction of sp³-hybridized carbons (Fsp3) is 0. The number of hydrogen-bond donors (Lipinski definition) is 0. The van der Waals surface area contributed by atoms with Crippen LogP contribution in [-0.4, -0.2) is 15.4 Å². The molecule has 9 aromatic rings. The van der Waals surface area contributed by atoms with Crippen molar-refractivity contribution in [1.82, 2.24) is 15.4 Å². The number of nitrogens with zero attached hydrogens (tertiary/aromatic N) is 3. The monoisotopic (exact) mass is 643 g/mol. The zero-order valence-electron chi connectivity index (χ0n) is 26.5. The van der Waals surface area contributed by atoms with Crippen molar-refractivity contribution >= 4 is 31.5 Å². The third-order valence-electron chi connectivity index (χ3n) is 9.23. The second-order valence-electron chi connectivity index (χ2n) is 12.0. The molecule has 230 valence electrons. The second kappa shape index (κ2) is 12.4. The van der Waals surface area contributed by atoms with Gasteiger partial charge in [-0.1, -0.05) is 152 Å². The molecule has 7 aromatic carbocycles. The Labute approximate surface area is 288 Å². The van der Waals surface area contributed by atoms with Gasteiger partial charge in [0.05, 0.1) is 11.9 Å². The predicted molar refractivity (Wildman–Crippen MR) is 205 cm³/mol. The molecule has 3 nitrogen and oxygen atoms in total. The maximum atomic E-state index is 4.73. The number of fused-ring (bicyclic) bond motifs is 3. The van der Waals surface area contributed by atoms with Gasteiger partial charge in [-0.05, 0) is 73.5 Å². The van der Waals surface area contributed by atoms with Crippen LogP contribution in [0.4, 0.5) is 0 Å². The summed E-state index contributed by atoms with van der Waals surface area (Å²) >= 11 is 1.84. The number of benzene rings is 7. The fourth-order valence-corrected chi connectivity index (χ4v) is 8.23. The van der Waals surface area contributed by atoms with Crippen molar-refractivity contribution < 1.29 is 0 Å². The van der Waals surface area contributed by atoms with Crippen LogP contribution in [-0.2, 0) is 0 Å². The van der Waals surface area contributed by atoms with E-state index in [0.717, 1.165) is 50.2 Å². The van der Waals surface area contributed by atoms with E-state index in [2.05, 4.69) is 174 Å². The van der Waals surface area contributed by atoms with Crippen LogP contribution < -0.4 is 0 Å². The molecule has 0 spiro atoms. The van der Waals surface area contributed by atoms with Gasteiger partial charge in [0.2, 0.25) is 0 Å². The Morgan fingerprint density at radius 1 is 0.367 bits per heavy atom. The molecule has 0 amide bonds. The third-order valence-corrected chi connectivity index (χ3v) is 10.4. The molecule has 0 aliphatic rings. The Balaban J connectivity index is 1.49. The SMILES string of the molecule is c1ccc(-c2ccccc2-c2c(-c3ccccc3)ccc(-c3c(-c4ccccc4)ccc4sc5ccccc5c34)c2-c2ccnnn2)cc1. The van der Waals surface area contributed by atoms with Gasteiger partial charge in [-0.2, -0.15) is 0 Å². The number of thiophene rings is 1. The van der Waals surface area contributed by atoms with E-state index in [9.17, 15) is 0 Å². The van der Waals surface area contributed by atoms with Crippen molar-refractivity contribution in [2.75, 3.05) is 0 Å². The van der Waals surface area contributed by atoms with E-state index >= 15 is 0 Å². The molecular weight excluding hydrogens is 615 g/mol. The smallest absolute Gasteiger partial charge is 0.0976 e. The molecule has 4 heteroatoms. The molecule has 49 heavy (non-hydrogen) atoms. The van der Waals surface area contributed by atoms with Crippen LogP contribution in [0.3, 0.4) is 0 Å². The zero-order chi connectivity index (χ0) is 32.6. The first-order valence-electron chi connectivity index (χ1n) is 16.4. The van der Waals surface area contributed by atoms with Crippen molar-refractivity contribution in [3.63, 3.8) is 0 Å². The van der Waals surface area contributed by atoms with Gasteiger partial charge in [0.1, 0.15) is 0 Å². The van der Waals surface area contributed by atoms with Crippen molar-refractivity contribution in [3.8, 4) is 66.9 Å². The van der Waals surface area contributed by atoms with Crippen LogP contribution in [0, 0.1) is 0 Å². The molecule has 0 bridgehead atoms. The largest absolute Gasteiger partial charge is 0.139 e. The van der Waals surface area contributed by atoms with E-state index in [1.165, 1.54) is 36.9 Å². The first kappa shape index (κ1) is 29.0. The molecule has 0 fully saturated rings. The van der Waals surface area contributed by atoms with E-state index < -0.39 is 0 Å². The lowest BCUT2D eigenvalue weighted by molar-refractivity contribution is 0.871. The zero-order valence-corrected chi connectivity index (χ0v) is 27.3. The highest BCUT2D eigenvalue weighted by Gasteiger charge is 2.26. The molecule has 0 radical (unpaired) electrons. The summed E-state index contributed by atoms with van der Waals surface area (Å²) in [6, 6.07) is 60.6. The molecule has 0 N–H and O–H groups in total. The van der Waals surface area contributed by atoms with Crippen LogP contribution in [0.5, 0.6) is 0 Å². The summed E-state index contributed by atoms with van der Waals surface area (Å²) in [5.41, 5.74) is 13.3. The lowest BCUT2D eigenvalue weighted by Crippen LogP contribution is -2.00. The summed E-state index contributed by atoms with van der Waals surface area (Å²) in [6.45, 7) is 0. The highest BCUT2D eigenvalue weighted by Crippen LogP contribution is 2.52. The van der Waals surface area contributed by atoms with Crippen LogP contribution in [0.25, 0.3) is 87.1 Å². The second-order valence-corrected chi connectivity index (χ2v) is 13.1. The summed E-state index contributed by atoms with van der Waals surface area (Å²) in [5, 5.41) is 15.5. The average molecular weight is 644 g/mol. The molecule has 2 aromatic heterocycles. The van der Waals surface area contributed by atoms with E-state index in [-0.39, 0.29) is 0 Å². The molecule has 9 rings (SSSR count). The molecule has 0 atom stereocenters. The Morgan fingerprint density at radius 2 is 0.918 bits per heavy atom. The van der Waals surface area contributed by atoms with Gasteiger partial charge < -0.3 is 0 Å². The first-order chi connectivity index (χ1) is 24.3. The number of aromatic nitrogens is 3. The summed E-state index contributed by atoms with van der Waals surface area (Å²) in [7, 11) is 0. The highest BCUT2D eigenvalue weighted by atomic mass is 32.1. The van der Waals surface area contributed by atoms with Crippen molar-refractivity contribution in [2.24, 2.45) is 0 Å². The van der Waals surface area contributed by atoms with Crippen LogP contribution in [0.15, 0.2) is 176 Å². The standard InChI is InChI=1S/C45H29N3S/c1-4-14-30(15-5-1)33-20-10-11-21-36(33)42-34(31-16-6-2-7-17-31)24-25-38(44(42)39-28-29-46-48-47-39)43-35(32-18-8-3-9-19-32)26-27-41-45(43)37-22-12-13-23-40(37)49-41/h1-29H. The van der Waals surface area contributed by atoms with E-state index in [0.29, 0.717) is 0 Å². The van der Waals surface area contributed by atoms with E-state index in [1.807, 2.05) is 17.4 Å². The number of hydrogen-bond acceptors (Lipinski definition) is 4. The Morgan fingerprint density at radius 3 is 1.59 bits per heavy atom. The van der Waals surface area contributed by atoms with Gasteiger partial charge in [-0.3, -0.25) is 0 Å². The molecule has 0 unspecified atom stereocenters. The average Bonchev–Trinajstić information content (AvgIpc) is 3.57. The maximum absolute atomic E-state index is 4.73. The molecule has 0 saturated carbocycles. The third kappa shape index (κ3) is 5.10. The van der Waals surface area contributed by atoms with Gasteiger partial charge in [-0.15, -0.1) is 21.5 Å².